The average Bonchev–Trinajstić information content (AvgIpc) is 2.39. The third-order valence-electron chi connectivity index (χ3n) is 4.37. The smallest absolute Gasteiger partial charge is 0.0526 e. The van der Waals surface area contributed by atoms with E-state index in [9.17, 15) is 0 Å². The number of benzene rings is 1. The summed E-state index contributed by atoms with van der Waals surface area (Å²) in [6.45, 7) is 7.00. The zero-order chi connectivity index (χ0) is 13.6. The molecule has 2 aliphatic heterocycles. The average molecular weight is 323 g/mol. The molecule has 2 saturated heterocycles. The van der Waals surface area contributed by atoms with Crippen molar-refractivity contribution in [1.82, 2.24) is 5.01 Å². The summed E-state index contributed by atoms with van der Waals surface area (Å²) in [5.41, 5.74) is 1.53. The number of rotatable bonds is 1. The van der Waals surface area contributed by atoms with Crippen LogP contribution in [-0.4, -0.2) is 22.6 Å². The van der Waals surface area contributed by atoms with Gasteiger partial charge in [0.15, 0.2) is 0 Å². The van der Waals surface area contributed by atoms with Gasteiger partial charge in [-0.3, -0.25) is 0 Å². The minimum Gasteiger partial charge on any atom is -0.302 e. The topological polar surface area (TPSA) is 6.48 Å². The molecule has 0 aromatic heterocycles. The van der Waals surface area contributed by atoms with Crippen LogP contribution in [-0.2, 0) is 0 Å². The standard InChI is InChI=1S/C16H23BrN2/c1-16(2,3)19-15-10-8-14(9-11-15)18(19)13-6-4-12(17)5-7-13/h4-7,14-15H,8-11H2,1-3H3. The first-order valence-electron chi connectivity index (χ1n) is 7.31. The highest BCUT2D eigenvalue weighted by Crippen LogP contribution is 2.42. The van der Waals surface area contributed by atoms with Gasteiger partial charge in [0.2, 0.25) is 0 Å². The molecule has 0 unspecified atom stereocenters. The van der Waals surface area contributed by atoms with Crippen molar-refractivity contribution in [2.45, 2.75) is 64.1 Å². The summed E-state index contributed by atoms with van der Waals surface area (Å²) in [7, 11) is 0. The van der Waals surface area contributed by atoms with E-state index in [0.717, 1.165) is 4.47 Å². The van der Waals surface area contributed by atoms with Gasteiger partial charge >= 0.3 is 0 Å². The second-order valence-corrected chi connectivity index (χ2v) is 7.71. The van der Waals surface area contributed by atoms with Gasteiger partial charge in [-0.25, -0.2) is 5.01 Å². The van der Waals surface area contributed by atoms with Crippen molar-refractivity contribution >= 4 is 21.6 Å². The molecule has 0 N–H and O–H groups in total. The summed E-state index contributed by atoms with van der Waals surface area (Å²) in [6, 6.07) is 10.2. The van der Waals surface area contributed by atoms with E-state index in [-0.39, 0.29) is 5.54 Å². The van der Waals surface area contributed by atoms with Crippen molar-refractivity contribution in [3.05, 3.63) is 28.7 Å². The highest BCUT2D eigenvalue weighted by Gasteiger charge is 2.44. The van der Waals surface area contributed by atoms with Crippen LogP contribution in [0.3, 0.4) is 0 Å². The Labute approximate surface area is 124 Å². The molecule has 3 aliphatic rings. The van der Waals surface area contributed by atoms with Gasteiger partial charge in [-0.1, -0.05) is 15.9 Å². The van der Waals surface area contributed by atoms with Crippen molar-refractivity contribution in [2.24, 2.45) is 0 Å². The van der Waals surface area contributed by atoms with Crippen LogP contribution in [0.15, 0.2) is 28.7 Å². The van der Waals surface area contributed by atoms with Crippen LogP contribution in [0.1, 0.15) is 46.5 Å². The molecule has 0 spiro atoms. The van der Waals surface area contributed by atoms with Crippen LogP contribution in [0.5, 0.6) is 0 Å². The summed E-state index contributed by atoms with van der Waals surface area (Å²) in [5.74, 6) is 0. The van der Waals surface area contributed by atoms with E-state index >= 15 is 0 Å². The summed E-state index contributed by atoms with van der Waals surface area (Å²) in [5, 5.41) is 5.21. The van der Waals surface area contributed by atoms with E-state index in [2.05, 4.69) is 71.0 Å². The Morgan fingerprint density at radius 3 is 2.00 bits per heavy atom. The Hall–Kier alpha value is -0.540. The molecule has 3 heteroatoms. The zero-order valence-corrected chi connectivity index (χ0v) is 13.7. The first kappa shape index (κ1) is 13.4. The molecular weight excluding hydrogens is 300 g/mol. The molecular formula is C16H23BrN2. The van der Waals surface area contributed by atoms with Crippen LogP contribution in [0, 0.1) is 0 Å². The van der Waals surface area contributed by atoms with Crippen molar-refractivity contribution in [2.75, 3.05) is 5.01 Å². The third kappa shape index (κ3) is 2.43. The Morgan fingerprint density at radius 1 is 0.947 bits per heavy atom. The fourth-order valence-corrected chi connectivity index (χ4v) is 3.96. The number of fused-ring (bicyclic) bond motifs is 3. The Morgan fingerprint density at radius 2 is 1.47 bits per heavy atom. The first-order valence-corrected chi connectivity index (χ1v) is 8.10. The fraction of sp³-hybridized carbons (Fsp3) is 0.625. The lowest BCUT2D eigenvalue weighted by atomic mass is 9.84. The quantitative estimate of drug-likeness (QED) is 0.745. The second kappa shape index (κ2) is 4.78. The SMILES string of the molecule is CC(C)(C)N1C2CCC(CC2)N1c1ccc(Br)cc1. The van der Waals surface area contributed by atoms with Gasteiger partial charge in [0.1, 0.15) is 0 Å². The lowest BCUT2D eigenvalue weighted by Gasteiger charge is -2.59. The predicted octanol–water partition coefficient (Wildman–Crippen LogP) is 4.60. The molecule has 104 valence electrons. The van der Waals surface area contributed by atoms with Crippen LogP contribution in [0.2, 0.25) is 0 Å². The van der Waals surface area contributed by atoms with Gasteiger partial charge in [-0.2, -0.15) is 0 Å². The molecule has 2 bridgehead atoms. The molecule has 1 saturated carbocycles. The Balaban J connectivity index is 1.98. The fourth-order valence-electron chi connectivity index (χ4n) is 3.70. The minimum absolute atomic E-state index is 0.191. The predicted molar refractivity (Wildman–Crippen MR) is 84.3 cm³/mol. The number of hydrogen-bond acceptors (Lipinski definition) is 2. The lowest BCUT2D eigenvalue weighted by molar-refractivity contribution is -0.0143. The van der Waals surface area contributed by atoms with Gasteiger partial charge in [-0.05, 0) is 70.7 Å². The third-order valence-corrected chi connectivity index (χ3v) is 4.90. The maximum Gasteiger partial charge on any atom is 0.0526 e. The van der Waals surface area contributed by atoms with Gasteiger partial charge in [0.25, 0.3) is 0 Å². The molecule has 1 aromatic carbocycles. The van der Waals surface area contributed by atoms with Crippen LogP contribution >= 0.6 is 15.9 Å². The molecule has 19 heavy (non-hydrogen) atoms. The largest absolute Gasteiger partial charge is 0.302 e. The first-order chi connectivity index (χ1) is 8.97. The van der Waals surface area contributed by atoms with Crippen molar-refractivity contribution in [3.63, 3.8) is 0 Å². The van der Waals surface area contributed by atoms with Crippen molar-refractivity contribution < 1.29 is 0 Å². The van der Waals surface area contributed by atoms with Crippen molar-refractivity contribution in [1.29, 1.82) is 0 Å². The molecule has 1 aliphatic carbocycles. The summed E-state index contributed by atoms with van der Waals surface area (Å²) >= 11 is 3.53. The molecule has 0 radical (unpaired) electrons. The molecule has 4 rings (SSSR count). The number of anilines is 1. The highest BCUT2D eigenvalue weighted by atomic mass is 79.9. The van der Waals surface area contributed by atoms with Crippen LogP contribution in [0.4, 0.5) is 5.69 Å². The minimum atomic E-state index is 0.191. The molecule has 0 amide bonds. The van der Waals surface area contributed by atoms with E-state index in [1.165, 1.54) is 31.4 Å². The van der Waals surface area contributed by atoms with E-state index < -0.39 is 0 Å². The molecule has 2 heterocycles. The van der Waals surface area contributed by atoms with Gasteiger partial charge in [-0.15, -0.1) is 0 Å². The molecule has 0 atom stereocenters. The normalized spacial score (nSPS) is 27.9. The van der Waals surface area contributed by atoms with Gasteiger partial charge in [0, 0.05) is 22.1 Å². The number of hydrazine groups is 1. The Kier molecular flexibility index (Phi) is 3.38. The zero-order valence-electron chi connectivity index (χ0n) is 12.1. The second-order valence-electron chi connectivity index (χ2n) is 6.80. The highest BCUT2D eigenvalue weighted by molar-refractivity contribution is 9.10. The molecule has 3 fully saturated rings. The lowest BCUT2D eigenvalue weighted by Crippen LogP contribution is -2.67. The van der Waals surface area contributed by atoms with Crippen molar-refractivity contribution in [3.8, 4) is 0 Å². The Bertz CT molecular complexity index is 441. The van der Waals surface area contributed by atoms with E-state index in [1.807, 2.05) is 0 Å². The maximum atomic E-state index is 3.53. The van der Waals surface area contributed by atoms with Crippen LogP contribution < -0.4 is 5.01 Å². The van der Waals surface area contributed by atoms with Gasteiger partial charge in [0.05, 0.1) is 5.69 Å². The monoisotopic (exact) mass is 322 g/mol. The number of nitrogens with zero attached hydrogens (tertiary/aromatic N) is 2. The molecule has 1 aromatic rings. The molecule has 2 nitrogen and oxygen atoms in total. The summed E-state index contributed by atoms with van der Waals surface area (Å²) in [6.07, 6.45) is 5.39. The summed E-state index contributed by atoms with van der Waals surface area (Å²) < 4.78 is 1.15. The maximum absolute atomic E-state index is 3.53. The van der Waals surface area contributed by atoms with Gasteiger partial charge < -0.3 is 5.01 Å². The van der Waals surface area contributed by atoms with Crippen LogP contribution in [0.25, 0.3) is 0 Å². The number of hydrogen-bond donors (Lipinski definition) is 0. The van der Waals surface area contributed by atoms with E-state index in [4.69, 9.17) is 0 Å². The van der Waals surface area contributed by atoms with E-state index in [1.54, 1.807) is 0 Å². The summed E-state index contributed by atoms with van der Waals surface area (Å²) in [4.78, 5) is 0. The number of halogens is 1. The van der Waals surface area contributed by atoms with E-state index in [0.29, 0.717) is 12.1 Å².